The topological polar surface area (TPSA) is 66.0 Å². The number of piperidine rings is 1. The number of hydrogen-bond acceptors (Lipinski definition) is 3. The number of aliphatic imine (C=N–C) groups is 1. The number of rotatable bonds is 4. The summed E-state index contributed by atoms with van der Waals surface area (Å²) in [7, 11) is 1.72. The highest BCUT2D eigenvalue weighted by Gasteiger charge is 2.29. The first-order chi connectivity index (χ1) is 10.1. The average molecular weight is 424 g/mol. The lowest BCUT2D eigenvalue weighted by molar-refractivity contribution is -0.130. The van der Waals surface area contributed by atoms with E-state index in [-0.39, 0.29) is 35.5 Å². The molecule has 7 heteroatoms. The lowest BCUT2D eigenvalue weighted by atomic mass is 10.0. The molecule has 0 aromatic carbocycles. The normalized spacial score (nSPS) is 25.5. The van der Waals surface area contributed by atoms with Gasteiger partial charge in [0, 0.05) is 33.3 Å². The minimum Gasteiger partial charge on any atom is -0.373 e. The maximum absolute atomic E-state index is 12.1. The Morgan fingerprint density at radius 1 is 1.23 bits per heavy atom. The molecule has 0 saturated carbocycles. The number of likely N-dealkylation sites (tertiary alicyclic amines) is 1. The van der Waals surface area contributed by atoms with Gasteiger partial charge in [0.05, 0.1) is 12.1 Å². The molecule has 2 fully saturated rings. The van der Waals surface area contributed by atoms with Gasteiger partial charge in [0.15, 0.2) is 5.96 Å². The molecule has 2 N–H and O–H groups in total. The molecule has 0 bridgehead atoms. The molecular formula is C15H29IN4O2. The average Bonchev–Trinajstić information content (AvgIpc) is 2.95. The summed E-state index contributed by atoms with van der Waals surface area (Å²) in [4.78, 5) is 18.2. The molecule has 2 aliphatic rings. The van der Waals surface area contributed by atoms with Gasteiger partial charge >= 0.3 is 0 Å². The number of nitrogens with zero attached hydrogens (tertiary/aromatic N) is 2. The highest BCUT2D eigenvalue weighted by molar-refractivity contribution is 14.0. The molecule has 0 aromatic rings. The Kier molecular flexibility index (Phi) is 8.45. The van der Waals surface area contributed by atoms with Crippen LogP contribution in [0.4, 0.5) is 0 Å². The molecule has 6 nitrogen and oxygen atoms in total. The van der Waals surface area contributed by atoms with Crippen molar-refractivity contribution in [2.75, 3.05) is 39.8 Å². The van der Waals surface area contributed by atoms with E-state index in [0.29, 0.717) is 19.0 Å². The Balaban J connectivity index is 0.00000242. The van der Waals surface area contributed by atoms with Crippen LogP contribution in [0, 0.1) is 0 Å². The van der Waals surface area contributed by atoms with Crippen LogP contribution in [-0.2, 0) is 9.53 Å². The zero-order chi connectivity index (χ0) is 15.1. The van der Waals surface area contributed by atoms with Crippen LogP contribution in [0.3, 0.4) is 0 Å². The number of guanidine groups is 1. The van der Waals surface area contributed by atoms with Crippen LogP contribution in [0.2, 0.25) is 0 Å². The van der Waals surface area contributed by atoms with Crippen LogP contribution in [0.25, 0.3) is 0 Å². The molecule has 0 aromatic heterocycles. The van der Waals surface area contributed by atoms with Gasteiger partial charge in [-0.1, -0.05) is 0 Å². The molecule has 2 saturated heterocycles. The van der Waals surface area contributed by atoms with Gasteiger partial charge in [0.1, 0.15) is 0 Å². The fourth-order valence-electron chi connectivity index (χ4n) is 2.88. The van der Waals surface area contributed by atoms with Gasteiger partial charge in [0.2, 0.25) is 5.91 Å². The summed E-state index contributed by atoms with van der Waals surface area (Å²) < 4.78 is 5.74. The molecule has 22 heavy (non-hydrogen) atoms. The molecule has 2 heterocycles. The van der Waals surface area contributed by atoms with Gasteiger partial charge in [-0.05, 0) is 39.0 Å². The van der Waals surface area contributed by atoms with Gasteiger partial charge in [-0.2, -0.15) is 0 Å². The van der Waals surface area contributed by atoms with Crippen LogP contribution in [0.1, 0.15) is 39.0 Å². The van der Waals surface area contributed by atoms with Gasteiger partial charge in [-0.15, -0.1) is 24.0 Å². The first-order valence-corrected chi connectivity index (χ1v) is 7.99. The molecule has 128 valence electrons. The Hall–Kier alpha value is -0.570. The third-order valence-electron chi connectivity index (χ3n) is 4.27. The molecule has 0 aliphatic carbocycles. The highest BCUT2D eigenvalue weighted by Crippen LogP contribution is 2.23. The van der Waals surface area contributed by atoms with Crippen molar-refractivity contribution >= 4 is 35.8 Å². The first kappa shape index (κ1) is 19.5. The summed E-state index contributed by atoms with van der Waals surface area (Å²) >= 11 is 0. The van der Waals surface area contributed by atoms with Crippen molar-refractivity contribution in [3.05, 3.63) is 0 Å². The highest BCUT2D eigenvalue weighted by atomic mass is 127. The van der Waals surface area contributed by atoms with E-state index < -0.39 is 0 Å². The van der Waals surface area contributed by atoms with Crippen molar-refractivity contribution < 1.29 is 9.53 Å². The minimum absolute atomic E-state index is 0. The largest absolute Gasteiger partial charge is 0.373 e. The number of nitrogens with one attached hydrogen (secondary N) is 2. The van der Waals surface area contributed by atoms with Gasteiger partial charge in [-0.25, -0.2) is 0 Å². The lowest BCUT2D eigenvalue weighted by Gasteiger charge is -2.27. The van der Waals surface area contributed by atoms with Crippen molar-refractivity contribution in [3.63, 3.8) is 0 Å². The molecule has 2 rings (SSSR count). The van der Waals surface area contributed by atoms with E-state index in [1.165, 1.54) is 6.42 Å². The molecule has 0 radical (unpaired) electrons. The SMILES string of the molecule is CN=C(NCC(=O)N1CCCCC1)NCC1(C)CCCO1.I. The second kappa shape index (κ2) is 9.54. The molecule has 2 aliphatic heterocycles. The lowest BCUT2D eigenvalue weighted by Crippen LogP contribution is -2.49. The van der Waals surface area contributed by atoms with Crippen LogP contribution in [0.15, 0.2) is 4.99 Å². The second-order valence-corrected chi connectivity index (χ2v) is 6.12. The Labute approximate surface area is 150 Å². The second-order valence-electron chi connectivity index (χ2n) is 6.12. The summed E-state index contributed by atoms with van der Waals surface area (Å²) in [5.41, 5.74) is -0.117. The summed E-state index contributed by atoms with van der Waals surface area (Å²) in [6.07, 6.45) is 5.64. The van der Waals surface area contributed by atoms with Crippen LogP contribution in [-0.4, -0.2) is 62.2 Å². The van der Waals surface area contributed by atoms with Crippen LogP contribution in [0.5, 0.6) is 0 Å². The maximum Gasteiger partial charge on any atom is 0.241 e. The van der Waals surface area contributed by atoms with E-state index in [4.69, 9.17) is 4.74 Å². The Morgan fingerprint density at radius 3 is 2.55 bits per heavy atom. The Bertz CT molecular complexity index is 378. The monoisotopic (exact) mass is 424 g/mol. The first-order valence-electron chi connectivity index (χ1n) is 7.99. The van der Waals surface area contributed by atoms with E-state index >= 15 is 0 Å². The van der Waals surface area contributed by atoms with Crippen molar-refractivity contribution in [1.82, 2.24) is 15.5 Å². The third-order valence-corrected chi connectivity index (χ3v) is 4.27. The van der Waals surface area contributed by atoms with Crippen molar-refractivity contribution in [3.8, 4) is 0 Å². The van der Waals surface area contributed by atoms with E-state index in [1.807, 2.05) is 4.90 Å². The summed E-state index contributed by atoms with van der Waals surface area (Å²) in [5.74, 6) is 0.818. The fourth-order valence-corrected chi connectivity index (χ4v) is 2.88. The Morgan fingerprint density at radius 2 is 1.95 bits per heavy atom. The molecule has 0 spiro atoms. The van der Waals surface area contributed by atoms with Crippen LogP contribution < -0.4 is 10.6 Å². The zero-order valence-electron chi connectivity index (χ0n) is 13.7. The number of carbonyl (C=O) groups excluding carboxylic acids is 1. The number of halogens is 1. The van der Waals surface area contributed by atoms with Crippen molar-refractivity contribution in [2.24, 2.45) is 4.99 Å². The van der Waals surface area contributed by atoms with E-state index in [9.17, 15) is 4.79 Å². The number of carbonyl (C=O) groups is 1. The molecular weight excluding hydrogens is 395 g/mol. The minimum atomic E-state index is -0.117. The standard InChI is InChI=1S/C15H28N4O2.HI/c1-15(7-6-10-21-15)12-18-14(16-2)17-11-13(20)19-8-4-3-5-9-19;/h3-12H2,1-2H3,(H2,16,17,18);1H. The van der Waals surface area contributed by atoms with Crippen molar-refractivity contribution in [1.29, 1.82) is 0 Å². The molecule has 1 amide bonds. The van der Waals surface area contributed by atoms with E-state index in [2.05, 4.69) is 22.5 Å². The smallest absolute Gasteiger partial charge is 0.241 e. The van der Waals surface area contributed by atoms with E-state index in [0.717, 1.165) is 45.4 Å². The number of ether oxygens (including phenoxy) is 1. The van der Waals surface area contributed by atoms with E-state index in [1.54, 1.807) is 7.05 Å². The quantitative estimate of drug-likeness (QED) is 0.406. The van der Waals surface area contributed by atoms with Crippen molar-refractivity contribution in [2.45, 2.75) is 44.6 Å². The zero-order valence-corrected chi connectivity index (χ0v) is 16.0. The third kappa shape index (κ3) is 5.91. The van der Waals surface area contributed by atoms with Gasteiger partial charge < -0.3 is 20.3 Å². The summed E-state index contributed by atoms with van der Waals surface area (Å²) in [6, 6.07) is 0. The fraction of sp³-hybridized carbons (Fsp3) is 0.867. The van der Waals surface area contributed by atoms with Crippen LogP contribution >= 0.6 is 24.0 Å². The number of amides is 1. The predicted octanol–water partition coefficient (Wildman–Crippen LogP) is 1.35. The van der Waals surface area contributed by atoms with Gasteiger partial charge in [-0.3, -0.25) is 9.79 Å². The number of hydrogen-bond donors (Lipinski definition) is 2. The molecule has 1 atom stereocenters. The maximum atomic E-state index is 12.1. The predicted molar refractivity (Wildman–Crippen MR) is 98.8 cm³/mol. The summed E-state index contributed by atoms with van der Waals surface area (Å²) in [5, 5.41) is 6.35. The molecule has 1 unspecified atom stereocenters. The van der Waals surface area contributed by atoms with Gasteiger partial charge in [0.25, 0.3) is 0 Å². The summed E-state index contributed by atoms with van der Waals surface area (Å²) in [6.45, 7) is 5.73.